The van der Waals surface area contributed by atoms with E-state index in [1.807, 2.05) is 6.92 Å². The average Bonchev–Trinajstić information content (AvgIpc) is 2.34. The molecule has 5 nitrogen and oxygen atoms in total. The maximum atomic E-state index is 12.3. The van der Waals surface area contributed by atoms with E-state index in [-0.39, 0.29) is 5.91 Å². The molecule has 2 fully saturated rings. The highest BCUT2D eigenvalue weighted by molar-refractivity contribution is 5.85. The van der Waals surface area contributed by atoms with Crippen molar-refractivity contribution in [3.05, 3.63) is 0 Å². The van der Waals surface area contributed by atoms with Crippen LogP contribution in [0.25, 0.3) is 0 Å². The maximum absolute atomic E-state index is 12.3. The summed E-state index contributed by atoms with van der Waals surface area (Å²) in [7, 11) is 0. The molecule has 2 atom stereocenters. The van der Waals surface area contributed by atoms with Crippen molar-refractivity contribution >= 4 is 11.9 Å². The van der Waals surface area contributed by atoms with Crippen LogP contribution in [0.2, 0.25) is 0 Å². The second-order valence-electron chi connectivity index (χ2n) is 5.61. The number of carbonyl (C=O) groups excluding carboxylic acids is 1. The normalized spacial score (nSPS) is 30.7. The summed E-state index contributed by atoms with van der Waals surface area (Å²) >= 11 is 0. The number of carboxylic acid groups (broad SMARTS) is 1. The quantitative estimate of drug-likeness (QED) is 0.784. The van der Waals surface area contributed by atoms with E-state index in [2.05, 4.69) is 0 Å². The molecule has 2 unspecified atom stereocenters. The van der Waals surface area contributed by atoms with E-state index in [0.29, 0.717) is 32.4 Å². The Morgan fingerprint density at radius 3 is 2.28 bits per heavy atom. The predicted molar refractivity (Wildman–Crippen MR) is 64.9 cm³/mol. The minimum Gasteiger partial charge on any atom is -0.481 e. The summed E-state index contributed by atoms with van der Waals surface area (Å²) < 4.78 is 0. The molecule has 1 aliphatic heterocycles. The van der Waals surface area contributed by atoms with Crippen molar-refractivity contribution in [3.8, 4) is 0 Å². The van der Waals surface area contributed by atoms with Crippen LogP contribution in [-0.4, -0.2) is 45.7 Å². The van der Waals surface area contributed by atoms with Crippen LogP contribution in [0.15, 0.2) is 0 Å². The van der Waals surface area contributed by atoms with Crippen LogP contribution >= 0.6 is 0 Å². The lowest BCUT2D eigenvalue weighted by atomic mass is 9.77. The third-order valence-electron chi connectivity index (χ3n) is 4.34. The molecular formula is C13H21NO4. The Kier molecular flexibility index (Phi) is 3.61. The highest BCUT2D eigenvalue weighted by Gasteiger charge is 2.46. The standard InChI is InChI=1S/C13H21NO4/c1-2-13(18)7-14(8-13)11(15)9-5-3-4-6-10(9)12(16)17/h9-10,18H,2-8H2,1H3,(H,16,17). The molecule has 18 heavy (non-hydrogen) atoms. The first kappa shape index (κ1) is 13.3. The van der Waals surface area contributed by atoms with Crippen molar-refractivity contribution in [2.24, 2.45) is 11.8 Å². The van der Waals surface area contributed by atoms with Gasteiger partial charge in [-0.3, -0.25) is 9.59 Å². The first-order chi connectivity index (χ1) is 8.47. The summed E-state index contributed by atoms with van der Waals surface area (Å²) in [6.45, 7) is 2.60. The van der Waals surface area contributed by atoms with Crippen LogP contribution in [0, 0.1) is 11.8 Å². The van der Waals surface area contributed by atoms with Crippen molar-refractivity contribution in [1.82, 2.24) is 4.90 Å². The molecule has 1 amide bonds. The minimum atomic E-state index is -0.862. The molecular weight excluding hydrogens is 234 g/mol. The number of hydrogen-bond donors (Lipinski definition) is 2. The van der Waals surface area contributed by atoms with Crippen LogP contribution in [0.3, 0.4) is 0 Å². The van der Waals surface area contributed by atoms with Crippen LogP contribution < -0.4 is 0 Å². The number of nitrogens with zero attached hydrogens (tertiary/aromatic N) is 1. The second-order valence-corrected chi connectivity index (χ2v) is 5.61. The van der Waals surface area contributed by atoms with Crippen molar-refractivity contribution in [1.29, 1.82) is 0 Å². The van der Waals surface area contributed by atoms with E-state index in [1.54, 1.807) is 4.90 Å². The topological polar surface area (TPSA) is 77.8 Å². The van der Waals surface area contributed by atoms with E-state index in [9.17, 15) is 14.7 Å². The Morgan fingerprint density at radius 1 is 1.22 bits per heavy atom. The van der Waals surface area contributed by atoms with Gasteiger partial charge in [-0.05, 0) is 19.3 Å². The zero-order valence-electron chi connectivity index (χ0n) is 10.8. The molecule has 2 rings (SSSR count). The Hall–Kier alpha value is -1.10. The predicted octanol–water partition coefficient (Wildman–Crippen LogP) is 0.861. The summed E-state index contributed by atoms with van der Waals surface area (Å²) in [6, 6.07) is 0. The molecule has 2 aliphatic rings. The number of likely N-dealkylation sites (tertiary alicyclic amines) is 1. The summed E-state index contributed by atoms with van der Waals surface area (Å²) in [5, 5.41) is 19.1. The van der Waals surface area contributed by atoms with Gasteiger partial charge < -0.3 is 15.1 Å². The van der Waals surface area contributed by atoms with Gasteiger partial charge in [0.2, 0.25) is 5.91 Å². The van der Waals surface area contributed by atoms with Crippen LogP contribution in [0.1, 0.15) is 39.0 Å². The number of amides is 1. The maximum Gasteiger partial charge on any atom is 0.307 e. The van der Waals surface area contributed by atoms with Gasteiger partial charge >= 0.3 is 5.97 Å². The number of carboxylic acids is 1. The van der Waals surface area contributed by atoms with Gasteiger partial charge in [0.25, 0.3) is 0 Å². The van der Waals surface area contributed by atoms with Crippen molar-refractivity contribution in [2.45, 2.75) is 44.6 Å². The van der Waals surface area contributed by atoms with Crippen molar-refractivity contribution in [2.75, 3.05) is 13.1 Å². The van der Waals surface area contributed by atoms with Crippen LogP contribution in [0.4, 0.5) is 0 Å². The lowest BCUT2D eigenvalue weighted by molar-refractivity contribution is -0.166. The summed E-state index contributed by atoms with van der Waals surface area (Å²) in [6.07, 6.45) is 3.70. The van der Waals surface area contributed by atoms with Gasteiger partial charge in [-0.25, -0.2) is 0 Å². The number of rotatable bonds is 3. The Morgan fingerprint density at radius 2 is 1.78 bits per heavy atom. The second kappa shape index (κ2) is 4.88. The van der Waals surface area contributed by atoms with E-state index in [0.717, 1.165) is 12.8 Å². The largest absolute Gasteiger partial charge is 0.481 e. The summed E-state index contributed by atoms with van der Waals surface area (Å²) in [4.78, 5) is 25.0. The molecule has 0 aromatic rings. The highest BCUT2D eigenvalue weighted by atomic mass is 16.4. The average molecular weight is 255 g/mol. The number of hydrogen-bond acceptors (Lipinski definition) is 3. The Labute approximate surface area is 107 Å². The smallest absolute Gasteiger partial charge is 0.307 e. The lowest BCUT2D eigenvalue weighted by Crippen LogP contribution is -2.64. The van der Waals surface area contributed by atoms with Gasteiger partial charge in [0.15, 0.2) is 0 Å². The minimum absolute atomic E-state index is 0.0831. The molecule has 0 radical (unpaired) electrons. The molecule has 0 bridgehead atoms. The number of β-amino-alcohol motifs (C(OH)–C–C–N with tert-alkyl or cyclic N) is 1. The van der Waals surface area contributed by atoms with Crippen molar-refractivity contribution < 1.29 is 19.8 Å². The van der Waals surface area contributed by atoms with Gasteiger partial charge in [-0.15, -0.1) is 0 Å². The highest BCUT2D eigenvalue weighted by Crippen LogP contribution is 2.34. The molecule has 1 aliphatic carbocycles. The van der Waals surface area contributed by atoms with Gasteiger partial charge in [0.05, 0.1) is 30.5 Å². The fourth-order valence-electron chi connectivity index (χ4n) is 3.00. The molecule has 0 aromatic carbocycles. The van der Waals surface area contributed by atoms with Crippen LogP contribution in [0.5, 0.6) is 0 Å². The molecule has 0 aromatic heterocycles. The molecule has 2 N–H and O–H groups in total. The van der Waals surface area contributed by atoms with E-state index < -0.39 is 23.4 Å². The SMILES string of the molecule is CCC1(O)CN(C(=O)C2CCCCC2C(=O)O)C1. The zero-order valence-corrected chi connectivity index (χ0v) is 10.8. The molecule has 0 spiro atoms. The fourth-order valence-corrected chi connectivity index (χ4v) is 3.00. The van der Waals surface area contributed by atoms with Crippen LogP contribution in [-0.2, 0) is 9.59 Å². The monoisotopic (exact) mass is 255 g/mol. The van der Waals surface area contributed by atoms with Crippen molar-refractivity contribution in [3.63, 3.8) is 0 Å². The number of aliphatic carboxylic acids is 1. The molecule has 5 heteroatoms. The zero-order chi connectivity index (χ0) is 13.3. The van der Waals surface area contributed by atoms with E-state index in [1.165, 1.54) is 0 Å². The number of carbonyl (C=O) groups is 2. The fraction of sp³-hybridized carbons (Fsp3) is 0.846. The summed E-state index contributed by atoms with van der Waals surface area (Å²) in [5.41, 5.74) is -0.747. The van der Waals surface area contributed by atoms with E-state index in [4.69, 9.17) is 5.11 Å². The number of aliphatic hydroxyl groups is 1. The molecule has 1 saturated heterocycles. The van der Waals surface area contributed by atoms with E-state index >= 15 is 0 Å². The summed E-state index contributed by atoms with van der Waals surface area (Å²) in [5.74, 6) is -1.88. The van der Waals surface area contributed by atoms with Gasteiger partial charge in [-0.1, -0.05) is 19.8 Å². The molecule has 1 heterocycles. The molecule has 1 saturated carbocycles. The third kappa shape index (κ3) is 2.36. The van der Waals surface area contributed by atoms with Gasteiger partial charge in [-0.2, -0.15) is 0 Å². The third-order valence-corrected chi connectivity index (χ3v) is 4.34. The molecule has 102 valence electrons. The first-order valence-corrected chi connectivity index (χ1v) is 6.71. The van der Waals surface area contributed by atoms with Gasteiger partial charge in [0, 0.05) is 0 Å². The Balaban J connectivity index is 1.98. The first-order valence-electron chi connectivity index (χ1n) is 6.71. The lowest BCUT2D eigenvalue weighted by Gasteiger charge is -2.48. The van der Waals surface area contributed by atoms with Gasteiger partial charge in [0.1, 0.15) is 0 Å². The Bertz CT molecular complexity index is 349.